The maximum absolute atomic E-state index is 12.9. The Morgan fingerprint density at radius 2 is 0.444 bits per heavy atom. The molecule has 0 saturated heterocycles. The molecule has 0 aromatic carbocycles. The van der Waals surface area contributed by atoms with Gasteiger partial charge in [0, 0.05) is 19.3 Å². The van der Waals surface area contributed by atoms with Crippen LogP contribution in [0.25, 0.3) is 0 Å². The van der Waals surface area contributed by atoms with Crippen molar-refractivity contribution in [2.24, 2.45) is 0 Å². The molecule has 1 atom stereocenters. The molecule has 0 bridgehead atoms. The normalized spacial score (nSPS) is 13.4. The van der Waals surface area contributed by atoms with Crippen molar-refractivity contribution in [1.82, 2.24) is 0 Å². The highest BCUT2D eigenvalue weighted by Crippen LogP contribution is 2.14. The lowest BCUT2D eigenvalue weighted by Crippen LogP contribution is -2.30. The molecule has 1 unspecified atom stereocenters. The van der Waals surface area contributed by atoms with Crippen molar-refractivity contribution >= 4 is 17.9 Å². The zero-order chi connectivity index (χ0) is 58.5. The van der Waals surface area contributed by atoms with E-state index in [1.165, 1.54) is 32.1 Å². The highest BCUT2D eigenvalue weighted by Gasteiger charge is 2.19. The molecule has 0 aliphatic rings. The number of carbonyl (C=O) groups excluding carboxylic acids is 3. The number of ether oxygens (including phenoxy) is 3. The minimum Gasteiger partial charge on any atom is -0.462 e. The Kier molecular flexibility index (Phi) is 62.5. The van der Waals surface area contributed by atoms with Crippen LogP contribution in [0.4, 0.5) is 0 Å². The molecule has 6 heteroatoms. The van der Waals surface area contributed by atoms with Gasteiger partial charge in [0.2, 0.25) is 0 Å². The average Bonchev–Trinajstić information content (AvgIpc) is 3.47. The lowest BCUT2D eigenvalue weighted by Gasteiger charge is -2.18. The van der Waals surface area contributed by atoms with E-state index in [9.17, 15) is 14.4 Å². The number of hydrogen-bond donors (Lipinski definition) is 0. The van der Waals surface area contributed by atoms with E-state index in [2.05, 4.69) is 203 Å². The van der Waals surface area contributed by atoms with Gasteiger partial charge in [0.05, 0.1) is 0 Å². The van der Waals surface area contributed by atoms with Gasteiger partial charge in [-0.05, 0) is 154 Å². The van der Waals surface area contributed by atoms with Crippen molar-refractivity contribution in [3.05, 3.63) is 182 Å². The summed E-state index contributed by atoms with van der Waals surface area (Å²) in [5.74, 6) is -0.987. The minimum absolute atomic E-state index is 0.113. The van der Waals surface area contributed by atoms with Gasteiger partial charge in [-0.2, -0.15) is 0 Å². The molecule has 0 N–H and O–H groups in total. The monoisotopic (exact) mass is 1110 g/mol. The predicted molar refractivity (Wildman–Crippen MR) is 352 cm³/mol. The van der Waals surface area contributed by atoms with Gasteiger partial charge in [-0.3, -0.25) is 14.4 Å². The molecule has 81 heavy (non-hydrogen) atoms. The summed E-state index contributed by atoms with van der Waals surface area (Å²) in [5, 5.41) is 0. The van der Waals surface area contributed by atoms with E-state index in [1.54, 1.807) is 0 Å². The van der Waals surface area contributed by atoms with E-state index < -0.39 is 6.10 Å². The molecule has 6 nitrogen and oxygen atoms in total. The van der Waals surface area contributed by atoms with Crippen molar-refractivity contribution in [3.8, 4) is 0 Å². The molecule has 0 aliphatic carbocycles. The summed E-state index contributed by atoms with van der Waals surface area (Å²) in [7, 11) is 0. The number of hydrogen-bond acceptors (Lipinski definition) is 6. The van der Waals surface area contributed by atoms with Crippen LogP contribution >= 0.6 is 0 Å². The summed E-state index contributed by atoms with van der Waals surface area (Å²) in [6.07, 6.45) is 100. The maximum atomic E-state index is 12.9. The zero-order valence-corrected chi connectivity index (χ0v) is 51.7. The van der Waals surface area contributed by atoms with Crippen LogP contribution in [-0.4, -0.2) is 37.2 Å². The fourth-order valence-electron chi connectivity index (χ4n) is 8.17. The number of esters is 3. The second kappa shape index (κ2) is 67.0. The van der Waals surface area contributed by atoms with Crippen LogP contribution in [0.3, 0.4) is 0 Å². The molecule has 0 aliphatic heterocycles. The minimum atomic E-state index is -0.821. The zero-order valence-electron chi connectivity index (χ0n) is 51.7. The Labute approximate surface area is 497 Å². The molecule has 0 aromatic rings. The lowest BCUT2D eigenvalue weighted by molar-refractivity contribution is -0.167. The third kappa shape index (κ3) is 65.2. The first-order valence-corrected chi connectivity index (χ1v) is 32.3. The van der Waals surface area contributed by atoms with E-state index in [1.807, 2.05) is 0 Å². The summed E-state index contributed by atoms with van der Waals surface area (Å²) in [6.45, 7) is 6.23. The van der Waals surface area contributed by atoms with E-state index in [0.717, 1.165) is 173 Å². The predicted octanol–water partition coefficient (Wildman–Crippen LogP) is 22.4. The first kappa shape index (κ1) is 75.5. The fraction of sp³-hybridized carbons (Fsp3) is 0.560. The number of allylic oxidation sites excluding steroid dienone is 30. The quantitative estimate of drug-likeness (QED) is 0.0261. The molecule has 0 saturated carbocycles. The number of rotatable bonds is 56. The van der Waals surface area contributed by atoms with Gasteiger partial charge in [-0.15, -0.1) is 0 Å². The molecule has 0 fully saturated rings. The van der Waals surface area contributed by atoms with E-state index in [0.29, 0.717) is 19.3 Å². The average molecular weight is 1110 g/mol. The summed E-state index contributed by atoms with van der Waals surface area (Å²) < 4.78 is 16.8. The van der Waals surface area contributed by atoms with Crippen LogP contribution < -0.4 is 0 Å². The van der Waals surface area contributed by atoms with Crippen molar-refractivity contribution < 1.29 is 28.6 Å². The molecule has 452 valence electrons. The summed E-state index contributed by atoms with van der Waals surface area (Å²) >= 11 is 0. The summed E-state index contributed by atoms with van der Waals surface area (Å²) in [5.41, 5.74) is 0. The topological polar surface area (TPSA) is 78.9 Å². The van der Waals surface area contributed by atoms with E-state index >= 15 is 0 Å². The standard InChI is InChI=1S/C75H116O6/c1-4-7-10-13-16-19-22-25-28-29-30-31-32-33-34-35-36-37-38-39-40-41-42-43-44-45-48-50-53-56-59-62-65-68-74(77)80-71-72(81-75(78)69-66-63-60-57-54-51-47-27-24-21-18-15-12-9-6-3)70-79-73(76)67-64-61-58-55-52-49-46-26-23-20-17-14-11-8-5-2/h7-12,16-21,25-28,30-31,33-34,36-37,39-40,42-43,46-47,54,57,72H,4-6,13-15,22-24,29,32,35,38,41,44-45,48-53,55-56,58-71H2,1-3H3/b10-7-,11-8-,12-9-,19-16-,20-17-,21-18-,28-25-,31-30-,34-33-,37-36-,40-39-,43-42-,46-26-,47-27-,57-54-. The second-order valence-corrected chi connectivity index (χ2v) is 20.5. The van der Waals surface area contributed by atoms with Gasteiger partial charge in [0.1, 0.15) is 13.2 Å². The van der Waals surface area contributed by atoms with Gasteiger partial charge < -0.3 is 14.2 Å². The van der Waals surface area contributed by atoms with Gasteiger partial charge in [-0.1, -0.05) is 261 Å². The van der Waals surface area contributed by atoms with Gasteiger partial charge >= 0.3 is 17.9 Å². The van der Waals surface area contributed by atoms with Gasteiger partial charge in [0.15, 0.2) is 6.10 Å². The maximum Gasteiger partial charge on any atom is 0.306 e. The van der Waals surface area contributed by atoms with Crippen LogP contribution in [-0.2, 0) is 28.6 Å². The second-order valence-electron chi connectivity index (χ2n) is 20.5. The van der Waals surface area contributed by atoms with Crippen LogP contribution in [0, 0.1) is 0 Å². The van der Waals surface area contributed by atoms with Crippen LogP contribution in [0.15, 0.2) is 182 Å². The van der Waals surface area contributed by atoms with Crippen molar-refractivity contribution in [2.75, 3.05) is 13.2 Å². The van der Waals surface area contributed by atoms with Crippen molar-refractivity contribution in [3.63, 3.8) is 0 Å². The fourth-order valence-corrected chi connectivity index (χ4v) is 8.17. The molecular weight excluding hydrogens is 997 g/mol. The molecule has 0 aromatic heterocycles. The Morgan fingerprint density at radius 3 is 0.716 bits per heavy atom. The Morgan fingerprint density at radius 1 is 0.247 bits per heavy atom. The van der Waals surface area contributed by atoms with Gasteiger partial charge in [0.25, 0.3) is 0 Å². The first-order chi connectivity index (χ1) is 40.0. The highest BCUT2D eigenvalue weighted by atomic mass is 16.6. The summed E-state index contributed by atoms with van der Waals surface area (Å²) in [6, 6.07) is 0. The van der Waals surface area contributed by atoms with Crippen LogP contribution in [0.5, 0.6) is 0 Å². The van der Waals surface area contributed by atoms with Gasteiger partial charge in [-0.25, -0.2) is 0 Å². The molecule has 0 rings (SSSR count). The molecule has 0 radical (unpaired) electrons. The molecular formula is C75H116O6. The van der Waals surface area contributed by atoms with Crippen LogP contribution in [0.2, 0.25) is 0 Å². The lowest BCUT2D eigenvalue weighted by atomic mass is 10.1. The van der Waals surface area contributed by atoms with Crippen molar-refractivity contribution in [1.29, 1.82) is 0 Å². The smallest absolute Gasteiger partial charge is 0.306 e. The molecule has 0 amide bonds. The Balaban J connectivity index is 4.36. The third-order valence-electron chi connectivity index (χ3n) is 12.9. The highest BCUT2D eigenvalue weighted by molar-refractivity contribution is 5.71. The largest absolute Gasteiger partial charge is 0.462 e. The third-order valence-corrected chi connectivity index (χ3v) is 12.9. The molecule has 0 spiro atoms. The summed E-state index contributed by atoms with van der Waals surface area (Å²) in [4.78, 5) is 38.3. The van der Waals surface area contributed by atoms with Crippen molar-refractivity contribution in [2.45, 2.75) is 258 Å². The SMILES string of the molecule is CC/C=C\C/C=C\C/C=C\C/C=C\C/C=C\C/C=C\C/C=C\C/C=C\CCCCCCCCCCC(=O)OCC(COC(=O)CCCCCCC/C=C\C/C=C\C/C=C\CC)OC(=O)CCCC/C=C\C/C=C\C/C=C\C/C=C\CC. The Bertz CT molecular complexity index is 1900. The molecule has 0 heterocycles. The van der Waals surface area contributed by atoms with Crippen LogP contribution in [0.1, 0.15) is 252 Å². The number of unbranched alkanes of at least 4 members (excludes halogenated alkanes) is 15. The first-order valence-electron chi connectivity index (χ1n) is 32.3. The van der Waals surface area contributed by atoms with E-state index in [-0.39, 0.29) is 37.5 Å². The number of carbonyl (C=O) groups is 3. The van der Waals surface area contributed by atoms with E-state index in [4.69, 9.17) is 14.2 Å². The Hall–Kier alpha value is -5.49.